The van der Waals surface area contributed by atoms with Crippen LogP contribution in [0.3, 0.4) is 0 Å². The van der Waals surface area contributed by atoms with Crippen molar-refractivity contribution in [1.82, 2.24) is 4.90 Å². The third kappa shape index (κ3) is 2.45. The van der Waals surface area contributed by atoms with Gasteiger partial charge in [0, 0.05) is 19.1 Å². The van der Waals surface area contributed by atoms with Crippen molar-refractivity contribution >= 4 is 0 Å². The Morgan fingerprint density at radius 2 is 2.31 bits per heavy atom. The largest absolute Gasteiger partial charge is 0.468 e. The van der Waals surface area contributed by atoms with E-state index in [0.29, 0.717) is 6.04 Å². The number of hydrogen-bond acceptors (Lipinski definition) is 4. The number of nitrogens with zero attached hydrogens (tertiary/aromatic N) is 1. The molecule has 0 amide bonds. The third-order valence-corrected chi connectivity index (χ3v) is 3.21. The maximum atomic E-state index is 5.87. The fourth-order valence-corrected chi connectivity index (χ4v) is 2.08. The molecule has 90 valence electrons. The highest BCUT2D eigenvalue weighted by Crippen LogP contribution is 2.23. The zero-order valence-electron chi connectivity index (χ0n) is 9.93. The quantitative estimate of drug-likeness (QED) is 0.843. The van der Waals surface area contributed by atoms with E-state index in [2.05, 4.69) is 11.8 Å². The minimum absolute atomic E-state index is 0.0756. The van der Waals surface area contributed by atoms with Crippen molar-refractivity contribution < 1.29 is 9.15 Å². The van der Waals surface area contributed by atoms with Crippen LogP contribution in [0.5, 0.6) is 0 Å². The van der Waals surface area contributed by atoms with Crippen molar-refractivity contribution in [2.45, 2.75) is 32.0 Å². The second-order valence-corrected chi connectivity index (χ2v) is 4.45. The normalized spacial score (nSPS) is 26.6. The third-order valence-electron chi connectivity index (χ3n) is 3.21. The molecule has 1 aromatic heterocycles. The van der Waals surface area contributed by atoms with Crippen LogP contribution in [0.25, 0.3) is 0 Å². The van der Waals surface area contributed by atoms with Gasteiger partial charge in [0.15, 0.2) is 0 Å². The SMILES string of the molecule is CC(N)C1CN(C(C)c2ccco2)CCO1. The van der Waals surface area contributed by atoms with Gasteiger partial charge in [0.2, 0.25) is 0 Å². The Hall–Kier alpha value is -0.840. The van der Waals surface area contributed by atoms with E-state index in [0.717, 1.165) is 25.5 Å². The first-order chi connectivity index (χ1) is 7.68. The second kappa shape index (κ2) is 4.99. The molecular weight excluding hydrogens is 204 g/mol. The topological polar surface area (TPSA) is 51.6 Å². The van der Waals surface area contributed by atoms with E-state index in [-0.39, 0.29) is 12.1 Å². The van der Waals surface area contributed by atoms with Crippen molar-refractivity contribution in [3.8, 4) is 0 Å². The first kappa shape index (κ1) is 11.6. The summed E-state index contributed by atoms with van der Waals surface area (Å²) in [6.45, 7) is 6.70. The van der Waals surface area contributed by atoms with Crippen molar-refractivity contribution in [2.75, 3.05) is 19.7 Å². The summed E-state index contributed by atoms with van der Waals surface area (Å²) in [6.07, 6.45) is 1.85. The maximum Gasteiger partial charge on any atom is 0.120 e. The van der Waals surface area contributed by atoms with Gasteiger partial charge in [-0.05, 0) is 26.0 Å². The van der Waals surface area contributed by atoms with E-state index in [9.17, 15) is 0 Å². The molecule has 4 heteroatoms. The molecule has 1 aliphatic heterocycles. The summed E-state index contributed by atoms with van der Waals surface area (Å²) in [5.74, 6) is 1.00. The summed E-state index contributed by atoms with van der Waals surface area (Å²) in [5, 5.41) is 0. The lowest BCUT2D eigenvalue weighted by Crippen LogP contribution is -2.50. The van der Waals surface area contributed by atoms with Gasteiger partial charge in [0.25, 0.3) is 0 Å². The fourth-order valence-electron chi connectivity index (χ4n) is 2.08. The summed E-state index contributed by atoms with van der Waals surface area (Å²) < 4.78 is 11.1. The van der Waals surface area contributed by atoms with Crippen LogP contribution in [0.4, 0.5) is 0 Å². The number of ether oxygens (including phenoxy) is 1. The molecule has 4 nitrogen and oxygen atoms in total. The fraction of sp³-hybridized carbons (Fsp3) is 0.667. The minimum Gasteiger partial charge on any atom is -0.468 e. The van der Waals surface area contributed by atoms with Crippen LogP contribution in [-0.4, -0.2) is 36.7 Å². The van der Waals surface area contributed by atoms with Gasteiger partial charge in [-0.1, -0.05) is 0 Å². The van der Waals surface area contributed by atoms with Crippen molar-refractivity contribution in [3.05, 3.63) is 24.2 Å². The van der Waals surface area contributed by atoms with Gasteiger partial charge >= 0.3 is 0 Å². The minimum atomic E-state index is 0.0756. The number of morpholine rings is 1. The molecule has 2 heterocycles. The lowest BCUT2D eigenvalue weighted by atomic mass is 10.1. The van der Waals surface area contributed by atoms with E-state index in [1.165, 1.54) is 0 Å². The molecule has 1 aliphatic rings. The highest BCUT2D eigenvalue weighted by atomic mass is 16.5. The molecule has 1 aromatic rings. The number of rotatable bonds is 3. The van der Waals surface area contributed by atoms with Crippen LogP contribution < -0.4 is 5.73 Å². The van der Waals surface area contributed by atoms with Crippen molar-refractivity contribution in [1.29, 1.82) is 0 Å². The van der Waals surface area contributed by atoms with E-state index < -0.39 is 0 Å². The molecule has 0 aliphatic carbocycles. The van der Waals surface area contributed by atoms with Crippen molar-refractivity contribution in [3.63, 3.8) is 0 Å². The predicted octanol–water partition coefficient (Wildman–Crippen LogP) is 1.39. The Balaban J connectivity index is 1.99. The number of hydrogen-bond donors (Lipinski definition) is 1. The molecule has 0 radical (unpaired) electrons. The predicted molar refractivity (Wildman–Crippen MR) is 62.1 cm³/mol. The Morgan fingerprint density at radius 3 is 2.94 bits per heavy atom. The highest BCUT2D eigenvalue weighted by molar-refractivity contribution is 5.04. The highest BCUT2D eigenvalue weighted by Gasteiger charge is 2.27. The van der Waals surface area contributed by atoms with Crippen LogP contribution in [0, 0.1) is 0 Å². The van der Waals surface area contributed by atoms with Gasteiger partial charge in [-0.2, -0.15) is 0 Å². The molecule has 1 saturated heterocycles. The Kier molecular flexibility index (Phi) is 3.63. The average molecular weight is 224 g/mol. The zero-order chi connectivity index (χ0) is 11.5. The molecule has 3 atom stereocenters. The lowest BCUT2D eigenvalue weighted by Gasteiger charge is -2.37. The van der Waals surface area contributed by atoms with Crippen LogP contribution in [-0.2, 0) is 4.74 Å². The summed E-state index contributed by atoms with van der Waals surface area (Å²) in [5.41, 5.74) is 5.87. The Bertz CT molecular complexity index is 311. The molecule has 2 rings (SSSR count). The molecular formula is C12H20N2O2. The summed E-state index contributed by atoms with van der Waals surface area (Å²) in [4.78, 5) is 2.36. The maximum absolute atomic E-state index is 5.87. The molecule has 0 spiro atoms. The second-order valence-electron chi connectivity index (χ2n) is 4.45. The summed E-state index contributed by atoms with van der Waals surface area (Å²) in [7, 11) is 0. The summed E-state index contributed by atoms with van der Waals surface area (Å²) >= 11 is 0. The number of furan rings is 1. The van der Waals surface area contributed by atoms with Gasteiger partial charge in [-0.25, -0.2) is 0 Å². The molecule has 0 bridgehead atoms. The van der Waals surface area contributed by atoms with Gasteiger partial charge in [0.1, 0.15) is 5.76 Å². The zero-order valence-corrected chi connectivity index (χ0v) is 9.93. The number of nitrogens with two attached hydrogens (primary N) is 1. The van der Waals surface area contributed by atoms with Gasteiger partial charge in [-0.15, -0.1) is 0 Å². The van der Waals surface area contributed by atoms with E-state index in [1.54, 1.807) is 6.26 Å². The van der Waals surface area contributed by atoms with Crippen LogP contribution in [0.1, 0.15) is 25.6 Å². The van der Waals surface area contributed by atoms with Crippen LogP contribution >= 0.6 is 0 Å². The lowest BCUT2D eigenvalue weighted by molar-refractivity contribution is -0.0521. The molecule has 0 saturated carbocycles. The molecule has 16 heavy (non-hydrogen) atoms. The van der Waals surface area contributed by atoms with E-state index in [1.807, 2.05) is 19.1 Å². The van der Waals surface area contributed by atoms with Crippen LogP contribution in [0.15, 0.2) is 22.8 Å². The first-order valence-corrected chi connectivity index (χ1v) is 5.83. The van der Waals surface area contributed by atoms with Gasteiger partial charge < -0.3 is 14.9 Å². The smallest absolute Gasteiger partial charge is 0.120 e. The van der Waals surface area contributed by atoms with Crippen LogP contribution in [0.2, 0.25) is 0 Å². The van der Waals surface area contributed by atoms with E-state index in [4.69, 9.17) is 14.9 Å². The Morgan fingerprint density at radius 1 is 1.50 bits per heavy atom. The standard InChI is InChI=1S/C12H20N2O2/c1-9(13)12-8-14(5-7-16-12)10(2)11-4-3-6-15-11/h3-4,6,9-10,12H,5,7-8,13H2,1-2H3. The summed E-state index contributed by atoms with van der Waals surface area (Å²) in [6, 6.07) is 4.31. The monoisotopic (exact) mass is 224 g/mol. The Labute approximate surface area is 96.4 Å². The molecule has 1 fully saturated rings. The average Bonchev–Trinajstić information content (AvgIpc) is 2.81. The van der Waals surface area contributed by atoms with Gasteiger partial charge in [0.05, 0.1) is 25.0 Å². The van der Waals surface area contributed by atoms with Crippen molar-refractivity contribution in [2.24, 2.45) is 5.73 Å². The molecule has 2 N–H and O–H groups in total. The molecule has 3 unspecified atom stereocenters. The molecule has 0 aromatic carbocycles. The van der Waals surface area contributed by atoms with E-state index >= 15 is 0 Å². The first-order valence-electron chi connectivity index (χ1n) is 5.83. The van der Waals surface area contributed by atoms with Gasteiger partial charge in [-0.3, -0.25) is 4.90 Å².